The zero-order chi connectivity index (χ0) is 53.0. The Bertz CT molecular complexity index is 3180. The number of hydrogen-bond acceptors (Lipinski definition) is 14. The van der Waals surface area contributed by atoms with E-state index in [1.807, 2.05) is 18.7 Å². The maximum atomic E-state index is 13.7. The van der Waals surface area contributed by atoms with E-state index >= 15 is 0 Å². The van der Waals surface area contributed by atoms with Crippen molar-refractivity contribution in [1.82, 2.24) is 28.2 Å². The minimum atomic E-state index is -3.57. The fraction of sp³-hybridized carbons (Fsp3) is 0.306. The van der Waals surface area contributed by atoms with Gasteiger partial charge < -0.3 is 30.7 Å². The summed E-state index contributed by atoms with van der Waals surface area (Å²) in [5, 5.41) is 8.17. The number of nitrogens with zero attached hydrogens (tertiary/aromatic N) is 8. The minimum Gasteiger partial charge on any atom is -0.487 e. The maximum absolute atomic E-state index is 13.7. The lowest BCUT2D eigenvalue weighted by atomic mass is 10.2. The molecule has 6 aromatic rings. The van der Waals surface area contributed by atoms with Gasteiger partial charge in [-0.3, -0.25) is 9.59 Å². The smallest absolute Gasteiger partial charge is 0.316 e. The fourth-order valence-electron chi connectivity index (χ4n) is 7.80. The highest BCUT2D eigenvalue weighted by atomic mass is 32.2. The van der Waals surface area contributed by atoms with Crippen LogP contribution in [0.15, 0.2) is 120 Å². The Morgan fingerprint density at radius 3 is 1.25 bits per heavy atom. The summed E-state index contributed by atoms with van der Waals surface area (Å²) >= 11 is 0. The number of benzene rings is 4. The number of anilines is 4. The molecule has 2 saturated heterocycles. The van der Waals surface area contributed by atoms with Crippen molar-refractivity contribution in [3.63, 3.8) is 0 Å². The molecule has 2 aliphatic heterocycles. The molecule has 0 aliphatic carbocycles. The highest BCUT2D eigenvalue weighted by Gasteiger charge is 2.31. The molecule has 2 fully saturated rings. The number of ether oxygens (including phenoxy) is 2. The van der Waals surface area contributed by atoms with Crippen molar-refractivity contribution in [3.05, 3.63) is 165 Å². The van der Waals surface area contributed by atoms with Gasteiger partial charge in [0.15, 0.2) is 0 Å². The summed E-state index contributed by atoms with van der Waals surface area (Å²) in [6, 6.07) is 18.7. The summed E-state index contributed by atoms with van der Waals surface area (Å²) in [5.74, 6) is -3.78. The van der Waals surface area contributed by atoms with E-state index in [9.17, 15) is 44.0 Å². The summed E-state index contributed by atoms with van der Waals surface area (Å²) in [6.45, 7) is 11.5. The lowest BCUT2D eigenvalue weighted by molar-refractivity contribution is 0.329. The van der Waals surface area contributed by atoms with Crippen LogP contribution in [0.1, 0.15) is 31.9 Å². The minimum absolute atomic E-state index is 0.0136. The van der Waals surface area contributed by atoms with Crippen molar-refractivity contribution >= 4 is 42.8 Å². The molecule has 0 radical (unpaired) electrons. The number of hydrogen-bond donors (Lipinski definition) is 2. The molecule has 8 rings (SSSR count). The number of piperazine rings is 2. The third-order valence-corrected chi connectivity index (χ3v) is 15.0. The van der Waals surface area contributed by atoms with E-state index in [2.05, 4.69) is 16.8 Å². The highest BCUT2D eigenvalue weighted by Crippen LogP contribution is 2.29. The van der Waals surface area contributed by atoms with Crippen LogP contribution in [0.3, 0.4) is 0 Å². The molecule has 4 heterocycles. The Labute approximate surface area is 420 Å². The van der Waals surface area contributed by atoms with Gasteiger partial charge in [-0.05, 0) is 66.6 Å². The van der Waals surface area contributed by atoms with E-state index in [0.29, 0.717) is 59.1 Å². The van der Waals surface area contributed by atoms with Crippen molar-refractivity contribution in [2.24, 2.45) is 0 Å². The third-order valence-electron chi connectivity index (χ3n) is 11.3. The van der Waals surface area contributed by atoms with Crippen LogP contribution >= 0.6 is 0 Å². The second kappa shape index (κ2) is 24.4. The van der Waals surface area contributed by atoms with Crippen LogP contribution in [0.2, 0.25) is 0 Å². The van der Waals surface area contributed by atoms with Crippen molar-refractivity contribution in [3.8, 4) is 22.9 Å². The monoisotopic (exact) mass is 1050 g/mol. The number of sulfonamides is 2. The van der Waals surface area contributed by atoms with Crippen molar-refractivity contribution < 1.29 is 43.9 Å². The van der Waals surface area contributed by atoms with E-state index < -0.39 is 54.4 Å². The van der Waals surface area contributed by atoms with Gasteiger partial charge in [-0.2, -0.15) is 28.2 Å². The topological polar surface area (TPSA) is 222 Å². The lowest BCUT2D eigenvalue weighted by Crippen LogP contribution is -2.49. The largest absolute Gasteiger partial charge is 0.487 e. The molecule has 0 saturated carbocycles. The van der Waals surface area contributed by atoms with Gasteiger partial charge in [0.1, 0.15) is 41.3 Å². The van der Waals surface area contributed by atoms with Gasteiger partial charge in [0.05, 0.1) is 41.9 Å². The predicted octanol–water partition coefficient (Wildman–Crippen LogP) is 5.48. The summed E-state index contributed by atoms with van der Waals surface area (Å²) in [5.41, 5.74) is 12.9. The molecule has 2 aromatic heterocycles. The standard InChI is InChI=1S/C24H25F2N5O4S.C23H25F2N5O4S.C2H6/c1-2-11-35-23-22(15-28-31(24(23)32)21-13-18(25)12-19(26)14-21)29-7-9-30(10-8-29)36(33,34)16-17-3-5-20(27)6-4-17;1-2-34-22-21(14-27-30(23(22)31)20-12-17(24)11-18(25)13-20)28-7-9-29(10-8-28)35(32,33)15-16-3-5-19(26)6-4-16;1-2/h2-6,12-15H,1,7-11,16,27H2;3-6,11-14H,2,7-10,15,26H2,1H3;1-2H3. The van der Waals surface area contributed by atoms with Crippen LogP contribution in [0, 0.1) is 23.3 Å². The maximum Gasteiger partial charge on any atom is 0.316 e. The first-order valence-corrected chi connectivity index (χ1v) is 26.3. The Morgan fingerprint density at radius 2 is 0.918 bits per heavy atom. The van der Waals surface area contributed by atoms with E-state index in [1.165, 1.54) is 27.1 Å². The van der Waals surface area contributed by atoms with E-state index in [-0.39, 0.29) is 86.9 Å². The molecule has 0 bridgehead atoms. The van der Waals surface area contributed by atoms with Crippen LogP contribution in [-0.4, -0.2) is 111 Å². The normalized spacial score (nSPS) is 14.3. The van der Waals surface area contributed by atoms with Crippen molar-refractivity contribution in [2.45, 2.75) is 32.3 Å². The Kier molecular flexibility index (Phi) is 18.4. The molecular weight excluding hydrogens is 997 g/mol. The van der Waals surface area contributed by atoms with E-state index in [4.69, 9.17) is 20.9 Å². The number of rotatable bonds is 15. The molecule has 0 amide bonds. The summed E-state index contributed by atoms with van der Waals surface area (Å²) in [6.07, 6.45) is 4.20. The third kappa shape index (κ3) is 13.8. The molecule has 2 aliphatic rings. The molecule has 0 unspecified atom stereocenters. The van der Waals surface area contributed by atoms with Crippen molar-refractivity contribution in [2.75, 3.05) is 86.8 Å². The fourth-order valence-corrected chi connectivity index (χ4v) is 10.8. The number of nitrogens with two attached hydrogens (primary N) is 2. The van der Waals surface area contributed by atoms with Crippen LogP contribution in [0.5, 0.6) is 11.5 Å². The van der Waals surface area contributed by atoms with Gasteiger partial charge in [-0.25, -0.2) is 34.4 Å². The molecule has 24 heteroatoms. The molecular formula is C49H56F4N10O8S2. The first-order chi connectivity index (χ1) is 34.8. The van der Waals surface area contributed by atoms with Gasteiger partial charge in [0.25, 0.3) is 0 Å². The van der Waals surface area contributed by atoms with Gasteiger partial charge in [-0.15, -0.1) is 0 Å². The molecule has 390 valence electrons. The van der Waals surface area contributed by atoms with Crippen LogP contribution in [0.4, 0.5) is 40.3 Å². The molecule has 73 heavy (non-hydrogen) atoms. The molecule has 0 spiro atoms. The Morgan fingerprint density at radius 1 is 0.575 bits per heavy atom. The van der Waals surface area contributed by atoms with Crippen LogP contribution < -0.4 is 41.9 Å². The molecule has 4 aromatic carbocycles. The second-order valence-electron chi connectivity index (χ2n) is 16.2. The van der Waals surface area contributed by atoms with Gasteiger partial charge >= 0.3 is 11.1 Å². The summed E-state index contributed by atoms with van der Waals surface area (Å²) < 4.78 is 122. The number of aromatic nitrogens is 4. The highest BCUT2D eigenvalue weighted by molar-refractivity contribution is 7.88. The average Bonchev–Trinajstić information content (AvgIpc) is 3.36. The quantitative estimate of drug-likeness (QED) is 0.0739. The van der Waals surface area contributed by atoms with Crippen molar-refractivity contribution in [1.29, 1.82) is 0 Å². The zero-order valence-corrected chi connectivity index (χ0v) is 42.0. The van der Waals surface area contributed by atoms with Gasteiger partial charge in [-0.1, -0.05) is 50.8 Å². The molecule has 4 N–H and O–H groups in total. The van der Waals surface area contributed by atoms with Gasteiger partial charge in [0, 0.05) is 75.9 Å². The molecule has 0 atom stereocenters. The SMILES string of the molecule is C=CCOc1c(N2CCN(S(=O)(=O)Cc3ccc(N)cc3)CC2)cnn(-c2cc(F)cc(F)c2)c1=O.CC.CCOc1c(N2CCN(S(=O)(=O)Cc3ccc(N)cc3)CC2)cnn(-c2cc(F)cc(F)c2)c1=O. The zero-order valence-electron chi connectivity index (χ0n) is 40.3. The predicted molar refractivity (Wildman–Crippen MR) is 272 cm³/mol. The first kappa shape index (κ1) is 55.0. The summed E-state index contributed by atoms with van der Waals surface area (Å²) in [4.78, 5) is 29.9. The van der Waals surface area contributed by atoms with E-state index in [0.717, 1.165) is 33.6 Å². The average molecular weight is 1050 g/mol. The van der Waals surface area contributed by atoms with E-state index in [1.54, 1.807) is 60.4 Å². The summed E-state index contributed by atoms with van der Waals surface area (Å²) in [7, 11) is -7.12. The Hall–Kier alpha value is -7.28. The Balaban J connectivity index is 0.000000230. The molecule has 18 nitrogen and oxygen atoms in total. The lowest BCUT2D eigenvalue weighted by Gasteiger charge is -2.35. The van der Waals surface area contributed by atoms with Crippen LogP contribution in [-0.2, 0) is 31.6 Å². The van der Waals surface area contributed by atoms with Gasteiger partial charge in [0.2, 0.25) is 31.5 Å². The first-order valence-electron chi connectivity index (χ1n) is 23.0. The number of nitrogen functional groups attached to an aromatic ring is 2. The number of halogens is 4. The van der Waals surface area contributed by atoms with Crippen LogP contribution in [0.25, 0.3) is 11.4 Å². The second-order valence-corrected chi connectivity index (χ2v) is 20.1.